The zero-order valence-corrected chi connectivity index (χ0v) is 27.9. The molecule has 53 heavy (non-hydrogen) atoms. The number of phenols is 3. The van der Waals surface area contributed by atoms with E-state index in [1.165, 1.54) is 19.9 Å². The van der Waals surface area contributed by atoms with Crippen molar-refractivity contribution in [3.8, 4) is 40.1 Å². The van der Waals surface area contributed by atoms with Crippen molar-refractivity contribution in [3.05, 3.63) is 40.6 Å². The highest BCUT2D eigenvalue weighted by molar-refractivity contribution is 5.88. The lowest BCUT2D eigenvalue weighted by atomic mass is 9.97. The molecule has 20 nitrogen and oxygen atoms in total. The van der Waals surface area contributed by atoms with E-state index < -0.39 is 138 Å². The molecule has 292 valence electrons. The summed E-state index contributed by atoms with van der Waals surface area (Å²) >= 11 is 0. The summed E-state index contributed by atoms with van der Waals surface area (Å²) in [5.74, 6) is -3.49. The largest absolute Gasteiger partial charge is 0.507 e. The summed E-state index contributed by atoms with van der Waals surface area (Å²) in [6, 6.07) is 5.29. The number of rotatable bonds is 8. The maximum Gasteiger partial charge on any atom is 0.239 e. The lowest BCUT2D eigenvalue weighted by Crippen LogP contribution is -2.64. The first-order chi connectivity index (χ1) is 25.0. The third-order valence-corrected chi connectivity index (χ3v) is 9.36. The van der Waals surface area contributed by atoms with Gasteiger partial charge in [0.15, 0.2) is 29.7 Å². The zero-order chi connectivity index (χ0) is 38.6. The van der Waals surface area contributed by atoms with Gasteiger partial charge in [-0.05, 0) is 32.0 Å². The molecule has 20 heteroatoms. The van der Waals surface area contributed by atoms with Gasteiger partial charge in [0.05, 0.1) is 18.8 Å². The van der Waals surface area contributed by atoms with Crippen LogP contribution >= 0.6 is 0 Å². The van der Waals surface area contributed by atoms with Crippen LogP contribution < -0.4 is 14.9 Å². The molecular weight excluding hydrogens is 716 g/mol. The van der Waals surface area contributed by atoms with Crippen molar-refractivity contribution < 1.29 is 94.1 Å². The van der Waals surface area contributed by atoms with Crippen molar-refractivity contribution in [1.29, 1.82) is 0 Å². The predicted octanol–water partition coefficient (Wildman–Crippen LogP) is -3.19. The first kappa shape index (κ1) is 38.8. The van der Waals surface area contributed by atoms with E-state index in [0.717, 1.165) is 24.3 Å². The van der Waals surface area contributed by atoms with Gasteiger partial charge >= 0.3 is 0 Å². The van der Waals surface area contributed by atoms with E-state index in [1.54, 1.807) is 0 Å². The van der Waals surface area contributed by atoms with Crippen LogP contribution in [-0.2, 0) is 18.9 Å². The van der Waals surface area contributed by atoms with Crippen LogP contribution in [0, 0.1) is 0 Å². The second-order valence-electron chi connectivity index (χ2n) is 13.0. The summed E-state index contributed by atoms with van der Waals surface area (Å²) in [5, 5.41) is 124. The van der Waals surface area contributed by atoms with E-state index in [-0.39, 0.29) is 16.9 Å². The second-order valence-corrected chi connectivity index (χ2v) is 13.0. The number of aliphatic hydroxyl groups is 9. The van der Waals surface area contributed by atoms with Crippen LogP contribution in [0.1, 0.15) is 13.8 Å². The lowest BCUT2D eigenvalue weighted by molar-refractivity contribution is -0.354. The molecule has 0 spiro atoms. The van der Waals surface area contributed by atoms with Crippen molar-refractivity contribution in [2.75, 3.05) is 6.61 Å². The second kappa shape index (κ2) is 15.1. The average molecular weight is 757 g/mol. The van der Waals surface area contributed by atoms with Crippen LogP contribution in [0.15, 0.2) is 39.5 Å². The van der Waals surface area contributed by atoms with Crippen molar-refractivity contribution in [1.82, 2.24) is 0 Å². The molecule has 3 aliphatic heterocycles. The molecule has 0 bridgehead atoms. The molecule has 3 fully saturated rings. The highest BCUT2D eigenvalue weighted by Crippen LogP contribution is 2.40. The number of ether oxygens (including phenoxy) is 6. The van der Waals surface area contributed by atoms with E-state index in [4.69, 9.17) is 32.8 Å². The van der Waals surface area contributed by atoms with E-state index in [0.29, 0.717) is 0 Å². The van der Waals surface area contributed by atoms with Crippen molar-refractivity contribution in [3.63, 3.8) is 0 Å². The minimum absolute atomic E-state index is 0.110. The van der Waals surface area contributed by atoms with Crippen LogP contribution in [0.5, 0.6) is 28.7 Å². The maximum absolute atomic E-state index is 14.2. The Balaban J connectivity index is 1.43. The predicted molar refractivity (Wildman–Crippen MR) is 172 cm³/mol. The molecule has 15 atom stereocenters. The molecule has 12 N–H and O–H groups in total. The molecule has 0 saturated carbocycles. The Kier molecular flexibility index (Phi) is 11.1. The molecule has 6 rings (SSSR count). The highest BCUT2D eigenvalue weighted by atomic mass is 16.8. The van der Waals surface area contributed by atoms with Crippen molar-refractivity contribution in [2.45, 2.75) is 106 Å². The van der Waals surface area contributed by atoms with Gasteiger partial charge in [-0.3, -0.25) is 4.79 Å². The molecular formula is C33H40O20. The van der Waals surface area contributed by atoms with Crippen LogP contribution in [0.25, 0.3) is 22.3 Å². The summed E-state index contributed by atoms with van der Waals surface area (Å²) in [6.45, 7) is 1.90. The van der Waals surface area contributed by atoms with E-state index >= 15 is 0 Å². The van der Waals surface area contributed by atoms with Gasteiger partial charge in [-0.2, -0.15) is 0 Å². The van der Waals surface area contributed by atoms with Gasteiger partial charge in [0.1, 0.15) is 77.4 Å². The number of aromatic hydroxyl groups is 3. The zero-order valence-electron chi connectivity index (χ0n) is 27.9. The number of hydrogen-bond donors (Lipinski definition) is 12. The Morgan fingerprint density at radius 1 is 0.642 bits per heavy atom. The summed E-state index contributed by atoms with van der Waals surface area (Å²) in [7, 11) is 0. The van der Waals surface area contributed by atoms with E-state index in [9.17, 15) is 66.1 Å². The van der Waals surface area contributed by atoms with Gasteiger partial charge in [-0.25, -0.2) is 0 Å². The van der Waals surface area contributed by atoms with E-state index in [1.807, 2.05) is 0 Å². The summed E-state index contributed by atoms with van der Waals surface area (Å²) in [4.78, 5) is 14.2. The minimum Gasteiger partial charge on any atom is -0.507 e. The molecule has 3 aromatic rings. The molecule has 1 aromatic heterocycles. The Bertz CT molecular complexity index is 1830. The first-order valence-electron chi connectivity index (χ1n) is 16.4. The molecule has 0 amide bonds. The fraction of sp³-hybridized carbons (Fsp3) is 0.545. The smallest absolute Gasteiger partial charge is 0.239 e. The van der Waals surface area contributed by atoms with Gasteiger partial charge in [-0.1, -0.05) is 0 Å². The van der Waals surface area contributed by atoms with Gasteiger partial charge in [0, 0.05) is 17.7 Å². The molecule has 0 radical (unpaired) electrons. The van der Waals surface area contributed by atoms with Gasteiger partial charge in [0.2, 0.25) is 23.8 Å². The third-order valence-electron chi connectivity index (χ3n) is 9.36. The average Bonchev–Trinajstić information content (AvgIpc) is 3.12. The monoisotopic (exact) mass is 756 g/mol. The minimum atomic E-state index is -1.97. The molecule has 3 saturated heterocycles. The molecule has 4 heterocycles. The Morgan fingerprint density at radius 2 is 1.26 bits per heavy atom. The molecule has 2 aromatic carbocycles. The van der Waals surface area contributed by atoms with Crippen LogP contribution in [-0.4, -0.2) is 160 Å². The topological polar surface area (TPSA) is 328 Å². The molecule has 3 aliphatic rings. The normalized spacial score (nSPS) is 37.8. The first-order valence-corrected chi connectivity index (χ1v) is 16.4. The van der Waals surface area contributed by atoms with Crippen molar-refractivity contribution in [2.24, 2.45) is 0 Å². The lowest BCUT2D eigenvalue weighted by Gasteiger charge is -2.45. The number of phenolic OH excluding ortho intramolecular Hbond substituents is 3. The Hall–Kier alpha value is -3.87. The van der Waals surface area contributed by atoms with Crippen LogP contribution in [0.4, 0.5) is 0 Å². The van der Waals surface area contributed by atoms with Crippen LogP contribution in [0.3, 0.4) is 0 Å². The van der Waals surface area contributed by atoms with E-state index in [2.05, 4.69) is 0 Å². The number of aliphatic hydroxyl groups excluding tert-OH is 9. The number of hydrogen-bond acceptors (Lipinski definition) is 20. The number of benzene rings is 2. The van der Waals surface area contributed by atoms with Crippen molar-refractivity contribution >= 4 is 11.0 Å². The van der Waals surface area contributed by atoms with Gasteiger partial charge in [0.25, 0.3) is 0 Å². The van der Waals surface area contributed by atoms with Gasteiger partial charge < -0.3 is 94.1 Å². The quantitative estimate of drug-likeness (QED) is 0.101. The number of fused-ring (bicyclic) bond motifs is 1. The summed E-state index contributed by atoms with van der Waals surface area (Å²) in [5.41, 5.74) is -1.59. The van der Waals surface area contributed by atoms with Crippen LogP contribution in [0.2, 0.25) is 0 Å². The fourth-order valence-electron chi connectivity index (χ4n) is 6.23. The van der Waals surface area contributed by atoms with Gasteiger partial charge in [-0.15, -0.1) is 0 Å². The maximum atomic E-state index is 14.2. The fourth-order valence-corrected chi connectivity index (χ4v) is 6.23. The summed E-state index contributed by atoms with van der Waals surface area (Å²) < 4.78 is 39.9. The molecule has 0 aliphatic carbocycles. The third kappa shape index (κ3) is 7.22. The Labute approximate surface area is 298 Å². The Morgan fingerprint density at radius 3 is 1.89 bits per heavy atom. The SMILES string of the molecule is CC1OC(Oc2cc(O)c3c(=O)c(OC4OC(CO)C(O)C(O)C4OC4OC(C)C(O)C(O)C4O)c(-c4ccc(O)c(O)c4)oc3c2)C(O)C(O)C1O. The molecule has 15 unspecified atom stereocenters. The highest BCUT2D eigenvalue weighted by Gasteiger charge is 2.51. The standard InChI is InChI=1S/C33H40O20/c1-9-19(38)23(42)26(45)31(47-9)49-12-6-15(37)18-16(7-12)50-28(11-3-4-13(35)14(36)5-11)29(22(18)41)52-33-30(25(44)21(40)17(8-34)51-33)53-32-27(46)24(43)20(39)10(2)48-32/h3-7,9-10,17,19-21,23-27,30-40,42-46H,8H2,1-2H3. The summed E-state index contributed by atoms with van der Waals surface area (Å²) in [6.07, 6.45) is -24.6.